The second-order valence-corrected chi connectivity index (χ2v) is 8.44. The van der Waals surface area contributed by atoms with Gasteiger partial charge in [0.1, 0.15) is 11.3 Å². The Kier molecular flexibility index (Phi) is 6.00. The number of fused-ring (bicyclic) bond motifs is 2. The number of anilines is 1. The first-order valence-electron chi connectivity index (χ1n) is 11.5. The summed E-state index contributed by atoms with van der Waals surface area (Å²) >= 11 is 0. The normalized spacial score (nSPS) is 12.1. The fourth-order valence-electron chi connectivity index (χ4n) is 4.01. The number of rotatable bonds is 7. The van der Waals surface area contributed by atoms with Crippen molar-refractivity contribution >= 4 is 33.5 Å². The van der Waals surface area contributed by atoms with Crippen LogP contribution in [0, 0.1) is 0 Å². The molecule has 0 fully saturated rings. The van der Waals surface area contributed by atoms with Gasteiger partial charge in [-0.2, -0.15) is 0 Å². The summed E-state index contributed by atoms with van der Waals surface area (Å²) in [6, 6.07) is 27.6. The minimum atomic E-state index is -0.233. The molecule has 5 aromatic rings. The molecule has 1 amide bonds. The molecule has 1 atom stereocenters. The van der Waals surface area contributed by atoms with Gasteiger partial charge in [0.25, 0.3) is 5.91 Å². The lowest BCUT2D eigenvalue weighted by molar-refractivity contribution is -0.118. The maximum absolute atomic E-state index is 12.4. The van der Waals surface area contributed by atoms with Crippen molar-refractivity contribution in [3.63, 3.8) is 0 Å². The first-order valence-corrected chi connectivity index (χ1v) is 11.5. The number of nitrogens with zero attached hydrogens (tertiary/aromatic N) is 1. The number of aromatic nitrogens is 1. The average Bonchev–Trinajstić information content (AvgIpc) is 3.30. The van der Waals surface area contributed by atoms with Crippen LogP contribution < -0.4 is 10.1 Å². The smallest absolute Gasteiger partial charge is 0.262 e. The maximum Gasteiger partial charge on any atom is 0.262 e. The molecule has 34 heavy (non-hydrogen) atoms. The summed E-state index contributed by atoms with van der Waals surface area (Å²) in [4.78, 5) is 17.1. The predicted octanol–water partition coefficient (Wildman–Crippen LogP) is 7.18. The molecule has 1 N–H and O–H groups in total. The molecule has 4 aromatic carbocycles. The summed E-state index contributed by atoms with van der Waals surface area (Å²) in [5.74, 6) is 1.50. The van der Waals surface area contributed by atoms with E-state index in [0.717, 1.165) is 22.8 Å². The van der Waals surface area contributed by atoms with Crippen LogP contribution in [0.2, 0.25) is 0 Å². The first kappa shape index (κ1) is 21.7. The Morgan fingerprint density at radius 2 is 1.79 bits per heavy atom. The number of carbonyl (C=O) groups is 1. The Hall–Kier alpha value is -4.12. The second-order valence-electron chi connectivity index (χ2n) is 8.44. The molecule has 0 radical (unpaired) electrons. The zero-order valence-corrected chi connectivity index (χ0v) is 19.2. The predicted molar refractivity (Wildman–Crippen MR) is 136 cm³/mol. The molecule has 0 saturated heterocycles. The van der Waals surface area contributed by atoms with E-state index in [1.807, 2.05) is 60.7 Å². The first-order chi connectivity index (χ1) is 16.6. The lowest BCUT2D eigenvalue weighted by Gasteiger charge is -2.11. The highest BCUT2D eigenvalue weighted by Crippen LogP contribution is 2.31. The minimum absolute atomic E-state index is 0.0687. The molecule has 1 aromatic heterocycles. The van der Waals surface area contributed by atoms with Gasteiger partial charge in [0.2, 0.25) is 5.89 Å². The van der Waals surface area contributed by atoms with Crippen molar-refractivity contribution in [2.45, 2.75) is 26.2 Å². The molecule has 5 heteroatoms. The van der Waals surface area contributed by atoms with Crippen LogP contribution >= 0.6 is 0 Å². The van der Waals surface area contributed by atoms with Gasteiger partial charge in [0.05, 0.1) is 0 Å². The number of carbonyl (C=O) groups excluding carboxylic acids is 1. The van der Waals surface area contributed by atoms with Crippen molar-refractivity contribution in [3.8, 4) is 17.2 Å². The monoisotopic (exact) mass is 450 g/mol. The molecule has 0 unspecified atom stereocenters. The number of amides is 1. The van der Waals surface area contributed by atoms with Crippen LogP contribution in [0.3, 0.4) is 0 Å². The third kappa shape index (κ3) is 4.50. The van der Waals surface area contributed by atoms with E-state index in [1.165, 1.54) is 5.56 Å². The molecule has 0 bridgehead atoms. The molecule has 0 spiro atoms. The van der Waals surface area contributed by atoms with Crippen LogP contribution in [-0.4, -0.2) is 17.5 Å². The van der Waals surface area contributed by atoms with Gasteiger partial charge < -0.3 is 14.5 Å². The number of hydrogen-bond donors (Lipinski definition) is 1. The van der Waals surface area contributed by atoms with Crippen LogP contribution in [-0.2, 0) is 4.79 Å². The summed E-state index contributed by atoms with van der Waals surface area (Å²) < 4.78 is 11.7. The van der Waals surface area contributed by atoms with Gasteiger partial charge in [0, 0.05) is 11.3 Å². The van der Waals surface area contributed by atoms with Crippen LogP contribution in [0.5, 0.6) is 5.75 Å². The third-order valence-electron chi connectivity index (χ3n) is 6.12. The Morgan fingerprint density at radius 3 is 2.62 bits per heavy atom. The van der Waals surface area contributed by atoms with E-state index >= 15 is 0 Å². The summed E-state index contributed by atoms with van der Waals surface area (Å²) in [5.41, 5.74) is 4.20. The zero-order valence-electron chi connectivity index (χ0n) is 19.2. The van der Waals surface area contributed by atoms with E-state index in [0.29, 0.717) is 34.3 Å². The Labute approximate surface area is 198 Å². The average molecular weight is 451 g/mol. The van der Waals surface area contributed by atoms with Crippen LogP contribution in [0.1, 0.15) is 31.7 Å². The van der Waals surface area contributed by atoms with Crippen molar-refractivity contribution in [2.24, 2.45) is 0 Å². The number of benzene rings is 4. The van der Waals surface area contributed by atoms with Crippen molar-refractivity contribution in [3.05, 3.63) is 90.5 Å². The van der Waals surface area contributed by atoms with Crippen molar-refractivity contribution in [1.29, 1.82) is 0 Å². The summed E-state index contributed by atoms with van der Waals surface area (Å²) in [5, 5.41) is 5.09. The largest absolute Gasteiger partial charge is 0.484 e. The van der Waals surface area contributed by atoms with Gasteiger partial charge in [-0.3, -0.25) is 4.79 Å². The summed E-state index contributed by atoms with van der Waals surface area (Å²) in [6.45, 7) is 4.29. The van der Waals surface area contributed by atoms with Crippen LogP contribution in [0.15, 0.2) is 89.3 Å². The molecule has 0 aliphatic carbocycles. The SMILES string of the molecule is CC[C@@H](C)c1ccc(OCC(=O)Nc2ccc3oc(-c4cccc5ccccc45)nc3c2)cc1. The summed E-state index contributed by atoms with van der Waals surface area (Å²) in [6.07, 6.45) is 1.09. The van der Waals surface area contributed by atoms with Crippen molar-refractivity contribution in [1.82, 2.24) is 4.98 Å². The lowest BCUT2D eigenvalue weighted by Crippen LogP contribution is -2.20. The van der Waals surface area contributed by atoms with E-state index in [1.54, 1.807) is 6.07 Å². The Bertz CT molecular complexity index is 1450. The minimum Gasteiger partial charge on any atom is -0.484 e. The van der Waals surface area contributed by atoms with E-state index < -0.39 is 0 Å². The van der Waals surface area contributed by atoms with E-state index in [-0.39, 0.29) is 12.5 Å². The van der Waals surface area contributed by atoms with Gasteiger partial charge in [-0.1, -0.05) is 62.4 Å². The fourth-order valence-corrected chi connectivity index (χ4v) is 4.01. The van der Waals surface area contributed by atoms with E-state index in [4.69, 9.17) is 9.15 Å². The van der Waals surface area contributed by atoms with Gasteiger partial charge in [0.15, 0.2) is 12.2 Å². The molecule has 0 aliphatic heterocycles. The van der Waals surface area contributed by atoms with Gasteiger partial charge in [-0.15, -0.1) is 0 Å². The van der Waals surface area contributed by atoms with Crippen LogP contribution in [0.4, 0.5) is 5.69 Å². The second kappa shape index (κ2) is 9.40. The standard InChI is InChI=1S/C29H26N2O3/c1-3-19(2)20-11-14-23(15-12-20)33-18-28(32)30-22-13-16-27-26(17-22)31-29(34-27)25-10-6-8-21-7-4-5-9-24(21)25/h4-17,19H,3,18H2,1-2H3,(H,30,32)/t19-/m1/s1. The summed E-state index contributed by atoms with van der Waals surface area (Å²) in [7, 11) is 0. The highest BCUT2D eigenvalue weighted by atomic mass is 16.5. The van der Waals surface area contributed by atoms with Crippen LogP contribution in [0.25, 0.3) is 33.3 Å². The molecule has 0 aliphatic rings. The highest BCUT2D eigenvalue weighted by Gasteiger charge is 2.13. The number of ether oxygens (including phenoxy) is 1. The molecular formula is C29H26N2O3. The van der Waals surface area contributed by atoms with Crippen molar-refractivity contribution < 1.29 is 13.9 Å². The quantitative estimate of drug-likeness (QED) is 0.285. The Balaban J connectivity index is 1.28. The van der Waals surface area contributed by atoms with E-state index in [2.05, 4.69) is 42.3 Å². The Morgan fingerprint density at radius 1 is 1.00 bits per heavy atom. The number of hydrogen-bond acceptors (Lipinski definition) is 4. The molecule has 1 heterocycles. The topological polar surface area (TPSA) is 64.4 Å². The van der Waals surface area contributed by atoms with Crippen molar-refractivity contribution in [2.75, 3.05) is 11.9 Å². The lowest BCUT2D eigenvalue weighted by atomic mass is 9.99. The molecule has 0 saturated carbocycles. The van der Waals surface area contributed by atoms with E-state index in [9.17, 15) is 4.79 Å². The number of oxazole rings is 1. The molecular weight excluding hydrogens is 424 g/mol. The third-order valence-corrected chi connectivity index (χ3v) is 6.12. The maximum atomic E-state index is 12.4. The number of nitrogens with one attached hydrogen (secondary N) is 1. The zero-order chi connectivity index (χ0) is 23.5. The van der Waals surface area contributed by atoms with Gasteiger partial charge in [-0.25, -0.2) is 4.98 Å². The highest BCUT2D eigenvalue weighted by molar-refractivity contribution is 5.97. The fraction of sp³-hybridized carbons (Fsp3) is 0.172. The molecule has 5 rings (SSSR count). The molecule has 170 valence electrons. The van der Waals surface area contributed by atoms with Gasteiger partial charge >= 0.3 is 0 Å². The van der Waals surface area contributed by atoms with Gasteiger partial charge in [-0.05, 0) is 65.1 Å². The molecule has 5 nitrogen and oxygen atoms in total.